The van der Waals surface area contributed by atoms with Crippen LogP contribution in [-0.4, -0.2) is 11.6 Å². The van der Waals surface area contributed by atoms with E-state index in [4.69, 9.17) is 10.5 Å². The predicted molar refractivity (Wildman–Crippen MR) is 81.5 cm³/mol. The van der Waals surface area contributed by atoms with Crippen LogP contribution in [0.25, 0.3) is 11.1 Å². The highest BCUT2D eigenvalue weighted by molar-refractivity contribution is 5.90. The number of carbonyl (C=O) groups excluding carboxylic acids is 1. The first-order valence-electron chi connectivity index (χ1n) is 6.54. The minimum atomic E-state index is -0.479. The summed E-state index contributed by atoms with van der Waals surface area (Å²) in [6, 6.07) is 15.0. The van der Waals surface area contributed by atoms with Gasteiger partial charge in [0.05, 0.1) is 5.56 Å². The van der Waals surface area contributed by atoms with Gasteiger partial charge in [-0.2, -0.15) is 0 Å². The van der Waals surface area contributed by atoms with E-state index in [-0.39, 0.29) is 5.97 Å². The fraction of sp³-hybridized carbons (Fsp3) is 0.235. The van der Waals surface area contributed by atoms with E-state index >= 15 is 0 Å². The molecule has 0 unspecified atom stereocenters. The van der Waals surface area contributed by atoms with Crippen LogP contribution < -0.4 is 5.73 Å². The highest BCUT2D eigenvalue weighted by Crippen LogP contribution is 2.21. The largest absolute Gasteiger partial charge is 0.456 e. The van der Waals surface area contributed by atoms with E-state index in [2.05, 4.69) is 0 Å². The number of carbonyl (C=O) groups is 1. The maximum absolute atomic E-state index is 11.9. The lowest BCUT2D eigenvalue weighted by Crippen LogP contribution is -2.23. The molecule has 0 radical (unpaired) electrons. The van der Waals surface area contributed by atoms with Crippen molar-refractivity contribution >= 4 is 11.7 Å². The van der Waals surface area contributed by atoms with E-state index in [1.165, 1.54) is 0 Å². The van der Waals surface area contributed by atoms with Crippen molar-refractivity contribution in [1.29, 1.82) is 0 Å². The highest BCUT2D eigenvalue weighted by atomic mass is 16.6. The minimum Gasteiger partial charge on any atom is -0.456 e. The van der Waals surface area contributed by atoms with Crippen LogP contribution in [0.5, 0.6) is 0 Å². The van der Waals surface area contributed by atoms with Crippen LogP contribution in [0.2, 0.25) is 0 Å². The van der Waals surface area contributed by atoms with Gasteiger partial charge in [0.2, 0.25) is 0 Å². The molecule has 2 aromatic carbocycles. The maximum Gasteiger partial charge on any atom is 0.338 e. The number of hydrogen-bond acceptors (Lipinski definition) is 3. The molecule has 0 heterocycles. The van der Waals surface area contributed by atoms with Crippen molar-refractivity contribution in [2.45, 2.75) is 26.4 Å². The van der Waals surface area contributed by atoms with Crippen molar-refractivity contribution in [3.05, 3.63) is 54.1 Å². The van der Waals surface area contributed by atoms with Crippen LogP contribution in [0.4, 0.5) is 5.69 Å². The topological polar surface area (TPSA) is 52.3 Å². The van der Waals surface area contributed by atoms with Gasteiger partial charge in [0.25, 0.3) is 0 Å². The molecular formula is C17H19NO2. The Hall–Kier alpha value is -2.29. The number of nitrogen functional groups attached to an aromatic ring is 1. The Morgan fingerprint density at radius 2 is 1.35 bits per heavy atom. The SMILES string of the molecule is CC(C)(C)OC(=O)c1ccc(-c2ccc(N)cc2)cc1. The van der Waals surface area contributed by atoms with E-state index in [1.54, 1.807) is 12.1 Å². The minimum absolute atomic E-state index is 0.304. The lowest BCUT2D eigenvalue weighted by Gasteiger charge is -2.19. The summed E-state index contributed by atoms with van der Waals surface area (Å²) < 4.78 is 5.33. The molecule has 0 amide bonds. The van der Waals surface area contributed by atoms with Gasteiger partial charge in [0.1, 0.15) is 5.60 Å². The van der Waals surface area contributed by atoms with Gasteiger partial charge in [-0.05, 0) is 56.2 Å². The molecule has 0 atom stereocenters. The molecule has 2 N–H and O–H groups in total. The molecule has 3 heteroatoms. The van der Waals surface area contributed by atoms with Crippen molar-refractivity contribution < 1.29 is 9.53 Å². The summed E-state index contributed by atoms with van der Waals surface area (Å²) in [5.74, 6) is -0.304. The van der Waals surface area contributed by atoms with Gasteiger partial charge >= 0.3 is 5.97 Å². The van der Waals surface area contributed by atoms with Gasteiger partial charge in [-0.15, -0.1) is 0 Å². The first-order chi connectivity index (χ1) is 9.35. The molecule has 20 heavy (non-hydrogen) atoms. The van der Waals surface area contributed by atoms with Gasteiger partial charge in [-0.3, -0.25) is 0 Å². The fourth-order valence-electron chi connectivity index (χ4n) is 1.81. The van der Waals surface area contributed by atoms with Crippen LogP contribution in [0.15, 0.2) is 48.5 Å². The molecule has 2 aromatic rings. The molecule has 2 rings (SSSR count). The van der Waals surface area contributed by atoms with Crippen LogP contribution in [0.3, 0.4) is 0 Å². The average molecular weight is 269 g/mol. The highest BCUT2D eigenvalue weighted by Gasteiger charge is 2.17. The van der Waals surface area contributed by atoms with Gasteiger partial charge in [-0.1, -0.05) is 24.3 Å². The third-order valence-electron chi connectivity index (χ3n) is 2.76. The number of benzene rings is 2. The lowest BCUT2D eigenvalue weighted by molar-refractivity contribution is 0.00696. The second-order valence-electron chi connectivity index (χ2n) is 5.70. The van der Waals surface area contributed by atoms with E-state index in [1.807, 2.05) is 57.2 Å². The molecule has 0 aromatic heterocycles. The summed E-state index contributed by atoms with van der Waals surface area (Å²) in [6.07, 6.45) is 0. The first kappa shape index (κ1) is 14.1. The van der Waals surface area contributed by atoms with Gasteiger partial charge in [0, 0.05) is 5.69 Å². The van der Waals surface area contributed by atoms with Crippen molar-refractivity contribution in [2.24, 2.45) is 0 Å². The molecule has 0 fully saturated rings. The summed E-state index contributed by atoms with van der Waals surface area (Å²) in [6.45, 7) is 5.56. The summed E-state index contributed by atoms with van der Waals surface area (Å²) in [5, 5.41) is 0. The Morgan fingerprint density at radius 1 is 0.900 bits per heavy atom. The van der Waals surface area contributed by atoms with Crippen molar-refractivity contribution in [1.82, 2.24) is 0 Å². The Bertz CT molecular complexity index is 592. The van der Waals surface area contributed by atoms with Crippen molar-refractivity contribution in [3.63, 3.8) is 0 Å². The zero-order valence-electron chi connectivity index (χ0n) is 12.0. The normalized spacial score (nSPS) is 11.2. The predicted octanol–water partition coefficient (Wildman–Crippen LogP) is 3.89. The molecule has 0 bridgehead atoms. The van der Waals surface area contributed by atoms with Crippen LogP contribution in [-0.2, 0) is 4.74 Å². The van der Waals surface area contributed by atoms with E-state index < -0.39 is 5.60 Å². The molecular weight excluding hydrogens is 250 g/mol. The second kappa shape index (κ2) is 5.37. The zero-order valence-corrected chi connectivity index (χ0v) is 12.0. The van der Waals surface area contributed by atoms with E-state index in [0.717, 1.165) is 16.8 Å². The number of nitrogens with two attached hydrogens (primary N) is 1. The standard InChI is InChI=1S/C17H19NO2/c1-17(2,3)20-16(19)14-6-4-12(5-7-14)13-8-10-15(18)11-9-13/h4-11H,18H2,1-3H3. The van der Waals surface area contributed by atoms with E-state index in [9.17, 15) is 4.79 Å². The zero-order chi connectivity index (χ0) is 14.8. The van der Waals surface area contributed by atoms with Crippen LogP contribution >= 0.6 is 0 Å². The number of hydrogen-bond donors (Lipinski definition) is 1. The monoisotopic (exact) mass is 269 g/mol. The van der Waals surface area contributed by atoms with Gasteiger partial charge in [0.15, 0.2) is 0 Å². The molecule has 0 saturated carbocycles. The average Bonchev–Trinajstić information content (AvgIpc) is 2.38. The second-order valence-corrected chi connectivity index (χ2v) is 5.70. The lowest BCUT2D eigenvalue weighted by atomic mass is 10.0. The number of ether oxygens (including phenoxy) is 1. The number of esters is 1. The third kappa shape index (κ3) is 3.60. The Morgan fingerprint density at radius 3 is 1.80 bits per heavy atom. The molecule has 3 nitrogen and oxygen atoms in total. The summed E-state index contributed by atoms with van der Waals surface area (Å²) >= 11 is 0. The number of rotatable bonds is 2. The van der Waals surface area contributed by atoms with Gasteiger partial charge < -0.3 is 10.5 Å². The molecule has 0 saturated heterocycles. The quantitative estimate of drug-likeness (QED) is 0.664. The Balaban J connectivity index is 2.18. The van der Waals surface area contributed by atoms with Crippen molar-refractivity contribution in [3.8, 4) is 11.1 Å². The Kier molecular flexibility index (Phi) is 3.79. The van der Waals surface area contributed by atoms with Crippen molar-refractivity contribution in [2.75, 3.05) is 5.73 Å². The van der Waals surface area contributed by atoms with Gasteiger partial charge in [-0.25, -0.2) is 4.79 Å². The number of anilines is 1. The molecule has 0 aliphatic rings. The van der Waals surface area contributed by atoms with E-state index in [0.29, 0.717) is 5.56 Å². The summed E-state index contributed by atoms with van der Waals surface area (Å²) in [7, 11) is 0. The summed E-state index contributed by atoms with van der Waals surface area (Å²) in [5.41, 5.74) is 8.58. The molecule has 0 spiro atoms. The molecule has 0 aliphatic heterocycles. The fourth-order valence-corrected chi connectivity index (χ4v) is 1.81. The van der Waals surface area contributed by atoms with Crippen LogP contribution in [0, 0.1) is 0 Å². The summed E-state index contributed by atoms with van der Waals surface area (Å²) in [4.78, 5) is 11.9. The molecule has 104 valence electrons. The van der Waals surface area contributed by atoms with Crippen LogP contribution in [0.1, 0.15) is 31.1 Å². The smallest absolute Gasteiger partial charge is 0.338 e. The molecule has 0 aliphatic carbocycles. The third-order valence-corrected chi connectivity index (χ3v) is 2.76. The first-order valence-corrected chi connectivity index (χ1v) is 6.54. The maximum atomic E-state index is 11.9. The Labute approximate surface area is 119 Å².